The van der Waals surface area contributed by atoms with Gasteiger partial charge >= 0.3 is 0 Å². The Morgan fingerprint density at radius 2 is 2.27 bits per heavy atom. The van der Waals surface area contributed by atoms with Gasteiger partial charge in [0.2, 0.25) is 5.91 Å². The number of amides is 1. The summed E-state index contributed by atoms with van der Waals surface area (Å²) >= 11 is 0. The van der Waals surface area contributed by atoms with E-state index in [1.165, 1.54) is 6.42 Å². The molecule has 0 unspecified atom stereocenters. The first-order valence-corrected chi connectivity index (χ1v) is 4.12. The van der Waals surface area contributed by atoms with Crippen molar-refractivity contribution in [2.75, 3.05) is 6.54 Å². The highest BCUT2D eigenvalue weighted by atomic mass is 16.1. The van der Waals surface area contributed by atoms with Gasteiger partial charge in [-0.25, -0.2) is 0 Å². The lowest BCUT2D eigenvalue weighted by molar-refractivity contribution is -0.120. The summed E-state index contributed by atoms with van der Waals surface area (Å²) in [6.45, 7) is 6.28. The Kier molecular flexibility index (Phi) is 6.79. The summed E-state index contributed by atoms with van der Waals surface area (Å²) in [5.74, 6) is -0.0453. The molecule has 0 aliphatic rings. The van der Waals surface area contributed by atoms with Gasteiger partial charge in [-0.05, 0) is 6.42 Å². The topological polar surface area (TPSA) is 31.2 Å². The van der Waals surface area contributed by atoms with Crippen LogP contribution in [-0.4, -0.2) is 12.5 Å². The number of carbonyl (C=O) groups excluding carboxylic acids is 1. The third-order valence-electron chi connectivity index (χ3n) is 1.37. The second kappa shape index (κ2) is 7.32. The SMILES string of the molecule is C=CCC(=O)[N]CCCCC. The highest BCUT2D eigenvalue weighted by Gasteiger charge is 1.97. The lowest BCUT2D eigenvalue weighted by Gasteiger charge is -1.97. The number of nitrogens with zero attached hydrogens (tertiary/aromatic N) is 1. The summed E-state index contributed by atoms with van der Waals surface area (Å²) in [5, 5.41) is 3.84. The summed E-state index contributed by atoms with van der Waals surface area (Å²) in [4.78, 5) is 10.8. The van der Waals surface area contributed by atoms with Gasteiger partial charge in [0.15, 0.2) is 0 Å². The van der Waals surface area contributed by atoms with Gasteiger partial charge in [-0.2, -0.15) is 0 Å². The maximum Gasteiger partial charge on any atom is 0.244 e. The Hall–Kier alpha value is -0.790. The van der Waals surface area contributed by atoms with Crippen LogP contribution < -0.4 is 5.32 Å². The zero-order valence-electron chi connectivity index (χ0n) is 7.18. The minimum absolute atomic E-state index is 0.0453. The van der Waals surface area contributed by atoms with E-state index in [0.29, 0.717) is 13.0 Å². The molecule has 0 saturated carbocycles. The predicted octanol–water partition coefficient (Wildman–Crippen LogP) is 1.88. The zero-order valence-corrected chi connectivity index (χ0v) is 7.18. The normalized spacial score (nSPS) is 9.18. The minimum atomic E-state index is -0.0453. The minimum Gasteiger partial charge on any atom is -0.273 e. The van der Waals surface area contributed by atoms with Gasteiger partial charge in [0.1, 0.15) is 0 Å². The van der Waals surface area contributed by atoms with Crippen molar-refractivity contribution in [3.8, 4) is 0 Å². The molecule has 11 heavy (non-hydrogen) atoms. The molecule has 1 amide bonds. The van der Waals surface area contributed by atoms with Crippen LogP contribution in [0.15, 0.2) is 12.7 Å². The van der Waals surface area contributed by atoms with Crippen molar-refractivity contribution in [2.24, 2.45) is 0 Å². The van der Waals surface area contributed by atoms with Crippen LogP contribution >= 0.6 is 0 Å². The molecule has 0 atom stereocenters. The Morgan fingerprint density at radius 3 is 2.82 bits per heavy atom. The molecule has 0 bridgehead atoms. The summed E-state index contributed by atoms with van der Waals surface area (Å²) < 4.78 is 0. The molecule has 1 radical (unpaired) electrons. The van der Waals surface area contributed by atoms with Crippen LogP contribution in [-0.2, 0) is 4.79 Å². The van der Waals surface area contributed by atoms with E-state index in [9.17, 15) is 4.79 Å². The average Bonchev–Trinajstić information content (AvgIpc) is 1.99. The lowest BCUT2D eigenvalue weighted by Crippen LogP contribution is -2.15. The standard InChI is InChI=1S/C9H16NO/c1-3-5-6-8-10-9(11)7-4-2/h4H,2-3,5-8H2,1H3. The molecular formula is C9H16NO. The second-order valence-corrected chi connectivity index (χ2v) is 2.48. The van der Waals surface area contributed by atoms with Gasteiger partial charge in [0, 0.05) is 13.0 Å². The molecule has 2 heteroatoms. The molecule has 0 aromatic rings. The quantitative estimate of drug-likeness (QED) is 0.424. The van der Waals surface area contributed by atoms with Crippen LogP contribution in [0.3, 0.4) is 0 Å². The molecule has 0 aromatic carbocycles. The smallest absolute Gasteiger partial charge is 0.244 e. The van der Waals surface area contributed by atoms with E-state index in [2.05, 4.69) is 18.8 Å². The van der Waals surface area contributed by atoms with E-state index in [1.54, 1.807) is 6.08 Å². The summed E-state index contributed by atoms with van der Waals surface area (Å²) in [6.07, 6.45) is 5.33. The van der Waals surface area contributed by atoms with Gasteiger partial charge in [0.05, 0.1) is 0 Å². The molecule has 2 nitrogen and oxygen atoms in total. The van der Waals surface area contributed by atoms with Crippen LogP contribution in [0.2, 0.25) is 0 Å². The molecular weight excluding hydrogens is 138 g/mol. The molecule has 0 saturated heterocycles. The fourth-order valence-corrected chi connectivity index (χ4v) is 0.754. The summed E-state index contributed by atoms with van der Waals surface area (Å²) in [7, 11) is 0. The van der Waals surface area contributed by atoms with Gasteiger partial charge in [-0.3, -0.25) is 10.1 Å². The first kappa shape index (κ1) is 10.2. The van der Waals surface area contributed by atoms with Crippen LogP contribution in [0.5, 0.6) is 0 Å². The van der Waals surface area contributed by atoms with Gasteiger partial charge in [-0.15, -0.1) is 6.58 Å². The fourth-order valence-electron chi connectivity index (χ4n) is 0.754. The van der Waals surface area contributed by atoms with E-state index >= 15 is 0 Å². The number of hydrogen-bond donors (Lipinski definition) is 0. The second-order valence-electron chi connectivity index (χ2n) is 2.48. The van der Waals surface area contributed by atoms with Crippen LogP contribution in [0, 0.1) is 0 Å². The molecule has 63 valence electrons. The Labute approximate surface area is 68.7 Å². The highest BCUT2D eigenvalue weighted by Crippen LogP contribution is 1.92. The van der Waals surface area contributed by atoms with Gasteiger partial charge < -0.3 is 0 Å². The van der Waals surface area contributed by atoms with Crippen molar-refractivity contribution in [2.45, 2.75) is 32.6 Å². The first-order chi connectivity index (χ1) is 5.31. The number of hydrogen-bond acceptors (Lipinski definition) is 1. The van der Waals surface area contributed by atoms with Crippen LogP contribution in [0.4, 0.5) is 0 Å². The molecule has 0 aromatic heterocycles. The Morgan fingerprint density at radius 1 is 1.55 bits per heavy atom. The van der Waals surface area contributed by atoms with Crippen molar-refractivity contribution in [1.82, 2.24) is 5.32 Å². The van der Waals surface area contributed by atoms with E-state index < -0.39 is 0 Å². The zero-order chi connectivity index (χ0) is 8.53. The highest BCUT2D eigenvalue weighted by molar-refractivity contribution is 5.76. The maximum atomic E-state index is 10.8. The first-order valence-electron chi connectivity index (χ1n) is 4.12. The van der Waals surface area contributed by atoms with Crippen molar-refractivity contribution < 1.29 is 4.79 Å². The van der Waals surface area contributed by atoms with E-state index in [4.69, 9.17) is 0 Å². The van der Waals surface area contributed by atoms with Crippen molar-refractivity contribution in [1.29, 1.82) is 0 Å². The van der Waals surface area contributed by atoms with Crippen LogP contribution in [0.1, 0.15) is 32.6 Å². The van der Waals surface area contributed by atoms with E-state index in [1.807, 2.05) is 0 Å². The van der Waals surface area contributed by atoms with Gasteiger partial charge in [-0.1, -0.05) is 25.8 Å². The van der Waals surface area contributed by atoms with E-state index in [-0.39, 0.29) is 5.91 Å². The van der Waals surface area contributed by atoms with E-state index in [0.717, 1.165) is 12.8 Å². The third-order valence-corrected chi connectivity index (χ3v) is 1.37. The molecule has 0 N–H and O–H groups in total. The largest absolute Gasteiger partial charge is 0.273 e. The number of unbranched alkanes of at least 4 members (excludes halogenated alkanes) is 2. The summed E-state index contributed by atoms with van der Waals surface area (Å²) in [6, 6.07) is 0. The van der Waals surface area contributed by atoms with Gasteiger partial charge in [0.25, 0.3) is 0 Å². The monoisotopic (exact) mass is 154 g/mol. The molecule has 0 aliphatic carbocycles. The predicted molar refractivity (Wildman–Crippen MR) is 46.3 cm³/mol. The lowest BCUT2D eigenvalue weighted by atomic mass is 10.2. The molecule has 0 spiro atoms. The molecule has 0 aliphatic heterocycles. The van der Waals surface area contributed by atoms with Crippen molar-refractivity contribution >= 4 is 5.91 Å². The van der Waals surface area contributed by atoms with Crippen LogP contribution in [0.25, 0.3) is 0 Å². The Bertz CT molecular complexity index is 121. The molecule has 0 rings (SSSR count). The summed E-state index contributed by atoms with van der Waals surface area (Å²) in [5.41, 5.74) is 0. The molecule has 0 heterocycles. The van der Waals surface area contributed by atoms with Crippen molar-refractivity contribution in [3.05, 3.63) is 12.7 Å². The number of carbonyl (C=O) groups is 1. The third kappa shape index (κ3) is 7.10. The number of rotatable bonds is 6. The maximum absolute atomic E-state index is 10.8. The molecule has 0 fully saturated rings. The fraction of sp³-hybridized carbons (Fsp3) is 0.667. The van der Waals surface area contributed by atoms with Crippen molar-refractivity contribution in [3.63, 3.8) is 0 Å². The average molecular weight is 154 g/mol. The Balaban J connectivity index is 3.10.